The van der Waals surface area contributed by atoms with E-state index < -0.39 is 30.8 Å². The van der Waals surface area contributed by atoms with Crippen LogP contribution >= 0.6 is 0 Å². The second-order valence-corrected chi connectivity index (χ2v) is 9.80. The predicted molar refractivity (Wildman–Crippen MR) is 140 cm³/mol. The number of nitrogens with zero attached hydrogens (tertiary/aromatic N) is 4. The number of alkyl halides is 5. The summed E-state index contributed by atoms with van der Waals surface area (Å²) in [7, 11) is 0. The van der Waals surface area contributed by atoms with E-state index in [4.69, 9.17) is 5.26 Å². The highest BCUT2D eigenvalue weighted by Crippen LogP contribution is 2.32. The maximum Gasteiger partial charge on any atom is 0.389 e. The van der Waals surface area contributed by atoms with Gasteiger partial charge in [0, 0.05) is 31.5 Å². The Bertz CT molecular complexity index is 1370. The minimum atomic E-state index is -4.37. The number of hydrogen-bond donors (Lipinski definition) is 3. The van der Waals surface area contributed by atoms with Gasteiger partial charge in [0.1, 0.15) is 5.82 Å². The van der Waals surface area contributed by atoms with Crippen LogP contribution in [-0.4, -0.2) is 43.7 Å². The number of halogens is 5. The van der Waals surface area contributed by atoms with Gasteiger partial charge in [-0.3, -0.25) is 14.3 Å². The van der Waals surface area contributed by atoms with Crippen molar-refractivity contribution in [2.45, 2.75) is 90.0 Å². The molecule has 3 aromatic rings. The van der Waals surface area contributed by atoms with Crippen LogP contribution in [0.5, 0.6) is 0 Å². The van der Waals surface area contributed by atoms with Crippen LogP contribution in [0.4, 0.5) is 22.0 Å². The highest BCUT2D eigenvalue weighted by molar-refractivity contribution is 5.95. The molecule has 14 heteroatoms. The van der Waals surface area contributed by atoms with E-state index in [-0.39, 0.29) is 31.8 Å². The van der Waals surface area contributed by atoms with E-state index in [1.54, 1.807) is 29.8 Å². The first-order valence-electron chi connectivity index (χ1n) is 13.2. The number of carbonyl (C=O) groups excluding carboxylic acids is 2. The predicted octanol–water partition coefficient (Wildman–Crippen LogP) is 5.46. The van der Waals surface area contributed by atoms with Crippen molar-refractivity contribution in [1.29, 1.82) is 5.26 Å². The van der Waals surface area contributed by atoms with Gasteiger partial charge in [0.25, 0.3) is 5.91 Å². The number of amides is 2. The molecule has 0 spiro atoms. The lowest BCUT2D eigenvalue weighted by Gasteiger charge is -2.20. The van der Waals surface area contributed by atoms with E-state index in [9.17, 15) is 31.5 Å². The third-order valence-corrected chi connectivity index (χ3v) is 6.51. The first-order chi connectivity index (χ1) is 19.4. The smallest absolute Gasteiger partial charge is 0.352 e. The van der Waals surface area contributed by atoms with Crippen LogP contribution in [0.25, 0.3) is 11.0 Å². The van der Waals surface area contributed by atoms with Gasteiger partial charge in [-0.25, -0.2) is 13.8 Å². The summed E-state index contributed by atoms with van der Waals surface area (Å²) in [5.41, 5.74) is 3.08. The number of aromatic amines is 1. The van der Waals surface area contributed by atoms with Crippen LogP contribution in [0.15, 0.2) is 24.4 Å². The quantitative estimate of drug-likeness (QED) is 0.289. The Labute approximate surface area is 233 Å². The Hall–Kier alpha value is -4.02. The van der Waals surface area contributed by atoms with Gasteiger partial charge in [0.05, 0.1) is 54.8 Å². The summed E-state index contributed by atoms with van der Waals surface area (Å²) in [5, 5.41) is 18.0. The number of rotatable bonds is 9. The maximum atomic E-state index is 12.5. The van der Waals surface area contributed by atoms with Gasteiger partial charge < -0.3 is 15.6 Å². The fourth-order valence-electron chi connectivity index (χ4n) is 4.23. The third kappa shape index (κ3) is 10.1. The first-order valence-corrected chi connectivity index (χ1v) is 13.2. The number of nitriles is 1. The Morgan fingerprint density at radius 2 is 1.88 bits per heavy atom. The van der Waals surface area contributed by atoms with Crippen molar-refractivity contribution in [3.63, 3.8) is 0 Å². The van der Waals surface area contributed by atoms with Crippen LogP contribution in [-0.2, 0) is 24.4 Å². The van der Waals surface area contributed by atoms with Crippen molar-refractivity contribution in [3.8, 4) is 6.07 Å². The van der Waals surface area contributed by atoms with E-state index in [0.29, 0.717) is 59.5 Å². The van der Waals surface area contributed by atoms with Crippen LogP contribution < -0.4 is 10.6 Å². The molecular weight excluding hydrogens is 549 g/mol. The van der Waals surface area contributed by atoms with Gasteiger partial charge in [0.15, 0.2) is 0 Å². The van der Waals surface area contributed by atoms with Crippen molar-refractivity contribution in [1.82, 2.24) is 30.4 Å². The molecule has 1 aliphatic rings. The zero-order valence-corrected chi connectivity index (χ0v) is 22.6. The molecule has 0 atom stereocenters. The molecule has 0 aliphatic heterocycles. The highest BCUT2D eigenvalue weighted by Gasteiger charge is 2.30. The topological polar surface area (TPSA) is 128 Å². The summed E-state index contributed by atoms with van der Waals surface area (Å²) in [4.78, 5) is 31.5. The summed E-state index contributed by atoms with van der Waals surface area (Å²) >= 11 is 0. The van der Waals surface area contributed by atoms with Crippen molar-refractivity contribution in [2.75, 3.05) is 0 Å². The third-order valence-electron chi connectivity index (χ3n) is 6.51. The molecule has 3 N–H and O–H groups in total. The number of aromatic nitrogens is 4. The van der Waals surface area contributed by atoms with Crippen molar-refractivity contribution in [2.24, 2.45) is 0 Å². The second-order valence-electron chi connectivity index (χ2n) is 9.80. The monoisotopic (exact) mass is 581 g/mol. The zero-order valence-electron chi connectivity index (χ0n) is 22.6. The molecule has 2 heterocycles. The van der Waals surface area contributed by atoms with Crippen LogP contribution in [0.3, 0.4) is 0 Å². The number of carbonyl (C=O) groups is 2. The summed E-state index contributed by atoms with van der Waals surface area (Å²) in [6, 6.07) is 7.21. The molecule has 2 aromatic heterocycles. The lowest BCUT2D eigenvalue weighted by molar-refractivity contribution is -0.144. The minimum absolute atomic E-state index is 0.0901. The van der Waals surface area contributed by atoms with Gasteiger partial charge in [-0.15, -0.1) is 0 Å². The van der Waals surface area contributed by atoms with Crippen molar-refractivity contribution < 1.29 is 31.5 Å². The molecular formula is C27H32F5N7O2. The van der Waals surface area contributed by atoms with Crippen LogP contribution in [0.2, 0.25) is 0 Å². The molecule has 1 saturated carbocycles. The van der Waals surface area contributed by atoms with Gasteiger partial charge in [-0.2, -0.15) is 23.5 Å². The molecule has 41 heavy (non-hydrogen) atoms. The lowest BCUT2D eigenvalue weighted by atomic mass is 9.97. The molecule has 1 aromatic carbocycles. The minimum Gasteiger partial charge on any atom is -0.352 e. The number of benzene rings is 1. The molecule has 0 bridgehead atoms. The summed E-state index contributed by atoms with van der Waals surface area (Å²) < 4.78 is 62.6. The number of aryl methyl sites for hydroxylation is 1. The van der Waals surface area contributed by atoms with E-state index in [2.05, 4.69) is 25.7 Å². The Kier molecular flexibility index (Phi) is 10.8. The normalized spacial score (nSPS) is 14.6. The van der Waals surface area contributed by atoms with Crippen molar-refractivity contribution >= 4 is 22.8 Å². The van der Waals surface area contributed by atoms with Gasteiger partial charge in [0.2, 0.25) is 11.8 Å². The lowest BCUT2D eigenvalue weighted by Crippen LogP contribution is -2.24. The molecule has 2 amide bonds. The number of imidazole rings is 1. The molecule has 222 valence electrons. The molecule has 9 nitrogen and oxygen atoms in total. The zero-order chi connectivity index (χ0) is 30.0. The Morgan fingerprint density at radius 1 is 1.15 bits per heavy atom. The summed E-state index contributed by atoms with van der Waals surface area (Å²) in [6.45, 7) is 2.39. The average molecular weight is 582 g/mol. The molecule has 0 saturated heterocycles. The summed E-state index contributed by atoms with van der Waals surface area (Å²) in [5.74, 6) is -2.80. The van der Waals surface area contributed by atoms with Gasteiger partial charge >= 0.3 is 6.18 Å². The molecule has 0 unspecified atom stereocenters. The molecule has 4 rings (SSSR count). The van der Waals surface area contributed by atoms with E-state index >= 15 is 0 Å². The van der Waals surface area contributed by atoms with E-state index in [1.165, 1.54) is 6.20 Å². The van der Waals surface area contributed by atoms with E-state index in [0.717, 1.165) is 6.42 Å². The van der Waals surface area contributed by atoms with Crippen LogP contribution in [0, 0.1) is 18.3 Å². The standard InChI is InChI=1S/C21H22F3N7O2.C6H10F2/c1-13-15(11-28-31(13)8-2-7-25)20(33)27-12-18-29-16-4-3-14(9-17(16)30-18)10-26-19(32)5-6-21(22,23)24;7-6(8)4-2-1-3-5-6/h3-4,9,11H,2,5-6,8,10,12H2,1H3,(H,26,32)(H,27,33)(H,29,30);1-5H2. The fraction of sp³-hybridized carbons (Fsp3) is 0.519. The van der Waals surface area contributed by atoms with Crippen molar-refractivity contribution in [3.05, 3.63) is 47.0 Å². The van der Waals surface area contributed by atoms with Crippen LogP contribution in [0.1, 0.15) is 78.8 Å². The Morgan fingerprint density at radius 3 is 2.51 bits per heavy atom. The average Bonchev–Trinajstić information content (AvgIpc) is 3.50. The Balaban J connectivity index is 0.000000496. The molecule has 1 fully saturated rings. The second kappa shape index (κ2) is 14.0. The maximum absolute atomic E-state index is 12.5. The number of hydrogen-bond acceptors (Lipinski definition) is 5. The van der Waals surface area contributed by atoms with Gasteiger partial charge in [-0.1, -0.05) is 12.5 Å². The number of H-pyrrole nitrogens is 1. The number of nitrogens with one attached hydrogen (secondary N) is 3. The fourth-order valence-corrected chi connectivity index (χ4v) is 4.23. The molecule has 0 radical (unpaired) electrons. The molecule has 1 aliphatic carbocycles. The summed E-state index contributed by atoms with van der Waals surface area (Å²) in [6.07, 6.45) is -1.73. The SMILES string of the molecule is Cc1c(C(=O)NCc2nc3ccc(CNC(=O)CCC(F)(F)F)cc3[nH]2)cnn1CCC#N.FC1(F)CCCCC1. The highest BCUT2D eigenvalue weighted by atomic mass is 19.4. The van der Waals surface area contributed by atoms with Gasteiger partial charge in [-0.05, 0) is 37.5 Å². The first kappa shape index (κ1) is 31.5. The number of fused-ring (bicyclic) bond motifs is 1. The van der Waals surface area contributed by atoms with E-state index in [1.807, 2.05) is 6.07 Å². The largest absolute Gasteiger partial charge is 0.389 e.